The Kier molecular flexibility index (Phi) is 9.06. The summed E-state index contributed by atoms with van der Waals surface area (Å²) in [6.07, 6.45) is 0. The van der Waals surface area contributed by atoms with Gasteiger partial charge in [0.2, 0.25) is 5.91 Å². The van der Waals surface area contributed by atoms with E-state index in [1.165, 1.54) is 12.1 Å². The lowest BCUT2D eigenvalue weighted by atomic mass is 10.2. The van der Waals surface area contributed by atoms with E-state index in [-0.39, 0.29) is 24.2 Å². The number of nitrogens with one attached hydrogen (secondary N) is 2. The van der Waals surface area contributed by atoms with Crippen LogP contribution < -0.4 is 25.0 Å². The topological polar surface area (TPSA) is 79.9 Å². The van der Waals surface area contributed by atoms with Gasteiger partial charge in [-0.05, 0) is 57.2 Å². The van der Waals surface area contributed by atoms with Crippen LogP contribution in [0, 0.1) is 5.82 Å². The van der Waals surface area contributed by atoms with Gasteiger partial charge in [-0.25, -0.2) is 4.39 Å². The molecule has 35 heavy (non-hydrogen) atoms. The van der Waals surface area contributed by atoms with Gasteiger partial charge in [0.1, 0.15) is 17.3 Å². The van der Waals surface area contributed by atoms with Crippen molar-refractivity contribution in [2.24, 2.45) is 0 Å². The summed E-state index contributed by atoms with van der Waals surface area (Å²) < 4.78 is 24.8. The maximum absolute atomic E-state index is 13.3. The number of amides is 2. The van der Waals surface area contributed by atoms with E-state index < -0.39 is 0 Å². The summed E-state index contributed by atoms with van der Waals surface area (Å²) in [5, 5.41) is 5.74. The average molecular weight is 480 g/mol. The Morgan fingerprint density at radius 1 is 0.829 bits per heavy atom. The van der Waals surface area contributed by atoms with Gasteiger partial charge in [0, 0.05) is 29.9 Å². The van der Waals surface area contributed by atoms with Crippen molar-refractivity contribution in [3.8, 4) is 11.5 Å². The minimum Gasteiger partial charge on any atom is -0.492 e. The maximum Gasteiger partial charge on any atom is 0.255 e. The molecule has 184 valence electrons. The van der Waals surface area contributed by atoms with Gasteiger partial charge in [0.05, 0.1) is 31.1 Å². The Labute approximate surface area is 204 Å². The molecule has 2 N–H and O–H groups in total. The number of rotatable bonds is 11. The Morgan fingerprint density at radius 2 is 1.40 bits per heavy atom. The first-order chi connectivity index (χ1) is 16.9. The van der Waals surface area contributed by atoms with Gasteiger partial charge in [-0.3, -0.25) is 9.59 Å². The normalized spacial score (nSPS) is 10.4. The number of carbonyl (C=O) groups is 2. The van der Waals surface area contributed by atoms with Crippen molar-refractivity contribution in [1.82, 2.24) is 0 Å². The second-order valence-electron chi connectivity index (χ2n) is 7.57. The third-order valence-electron chi connectivity index (χ3n) is 5.15. The molecule has 0 bridgehead atoms. The van der Waals surface area contributed by atoms with Crippen LogP contribution in [0.5, 0.6) is 11.5 Å². The van der Waals surface area contributed by atoms with E-state index in [0.717, 1.165) is 5.69 Å². The summed E-state index contributed by atoms with van der Waals surface area (Å²) in [5.41, 5.74) is 2.10. The van der Waals surface area contributed by atoms with Crippen molar-refractivity contribution >= 4 is 28.9 Å². The average Bonchev–Trinajstić information content (AvgIpc) is 2.86. The number of likely N-dealkylation sites (N-methyl/N-ethyl adjacent to an activating group) is 1. The zero-order chi connectivity index (χ0) is 25.2. The fourth-order valence-electron chi connectivity index (χ4n) is 3.49. The number of halogens is 1. The highest BCUT2D eigenvalue weighted by atomic mass is 19.1. The molecule has 0 heterocycles. The van der Waals surface area contributed by atoms with E-state index in [4.69, 9.17) is 9.47 Å². The van der Waals surface area contributed by atoms with Gasteiger partial charge in [0.15, 0.2) is 0 Å². The van der Waals surface area contributed by atoms with Crippen LogP contribution in [0.2, 0.25) is 0 Å². The van der Waals surface area contributed by atoms with Crippen LogP contribution in [0.25, 0.3) is 0 Å². The highest BCUT2D eigenvalue weighted by Gasteiger charge is 2.18. The lowest BCUT2D eigenvalue weighted by molar-refractivity contribution is -0.115. The van der Waals surface area contributed by atoms with E-state index in [0.29, 0.717) is 48.2 Å². The van der Waals surface area contributed by atoms with Gasteiger partial charge in [-0.15, -0.1) is 0 Å². The molecule has 0 atom stereocenters. The largest absolute Gasteiger partial charge is 0.492 e. The second kappa shape index (κ2) is 12.4. The summed E-state index contributed by atoms with van der Waals surface area (Å²) in [4.78, 5) is 27.4. The van der Waals surface area contributed by atoms with Crippen LogP contribution in [-0.4, -0.2) is 38.1 Å². The van der Waals surface area contributed by atoms with Gasteiger partial charge in [-0.2, -0.15) is 0 Å². The molecule has 3 aromatic carbocycles. The van der Waals surface area contributed by atoms with Gasteiger partial charge >= 0.3 is 0 Å². The molecule has 2 amide bonds. The first kappa shape index (κ1) is 25.6. The molecule has 0 unspecified atom stereocenters. The monoisotopic (exact) mass is 479 g/mol. The fraction of sp³-hybridized carbons (Fsp3) is 0.259. The number of nitrogens with zero attached hydrogens (tertiary/aromatic N) is 1. The van der Waals surface area contributed by atoms with Crippen LogP contribution in [0.4, 0.5) is 21.5 Å². The molecule has 3 aromatic rings. The SMILES string of the molecule is CCOc1cc(NC(=O)c2ccccc2)c(OCC)cc1NC(=O)CN(CC)c1ccc(F)cc1. The lowest BCUT2D eigenvalue weighted by Crippen LogP contribution is -2.33. The van der Waals surface area contributed by atoms with Crippen molar-refractivity contribution in [3.05, 3.63) is 78.1 Å². The summed E-state index contributed by atoms with van der Waals surface area (Å²) in [6.45, 7) is 6.93. The molecule has 0 saturated carbocycles. The van der Waals surface area contributed by atoms with Crippen LogP contribution >= 0.6 is 0 Å². The minimum absolute atomic E-state index is 0.0597. The molecule has 3 rings (SSSR count). The lowest BCUT2D eigenvalue weighted by Gasteiger charge is -2.23. The number of carbonyl (C=O) groups excluding carboxylic acids is 2. The standard InChI is InChI=1S/C27H30FN3O4/c1-4-31(21-14-12-20(28)13-15-21)18-26(32)29-22-16-25(35-6-3)23(17-24(22)34-5-2)30-27(33)19-10-8-7-9-11-19/h7-17H,4-6,18H2,1-3H3,(H,29,32)(H,30,33). The molecule has 0 aromatic heterocycles. The molecule has 0 radical (unpaired) electrons. The summed E-state index contributed by atoms with van der Waals surface area (Å²) in [7, 11) is 0. The zero-order valence-corrected chi connectivity index (χ0v) is 20.1. The molecular weight excluding hydrogens is 449 g/mol. The first-order valence-electron chi connectivity index (χ1n) is 11.6. The molecule has 0 aliphatic rings. The molecule has 0 aliphatic heterocycles. The molecule has 8 heteroatoms. The number of anilines is 3. The molecule has 0 spiro atoms. The minimum atomic E-state index is -0.335. The van der Waals surface area contributed by atoms with Crippen LogP contribution in [-0.2, 0) is 4.79 Å². The van der Waals surface area contributed by atoms with Crippen molar-refractivity contribution in [2.75, 3.05) is 41.8 Å². The molecule has 0 fully saturated rings. The second-order valence-corrected chi connectivity index (χ2v) is 7.57. The first-order valence-corrected chi connectivity index (χ1v) is 11.6. The summed E-state index contributed by atoms with van der Waals surface area (Å²) >= 11 is 0. The number of benzene rings is 3. The predicted molar refractivity (Wildman–Crippen MR) is 136 cm³/mol. The van der Waals surface area contributed by atoms with Crippen LogP contribution in [0.1, 0.15) is 31.1 Å². The number of ether oxygens (including phenoxy) is 2. The smallest absolute Gasteiger partial charge is 0.255 e. The zero-order valence-electron chi connectivity index (χ0n) is 20.1. The number of hydrogen-bond acceptors (Lipinski definition) is 5. The Bertz CT molecular complexity index is 1140. The Morgan fingerprint density at radius 3 is 1.94 bits per heavy atom. The summed E-state index contributed by atoms with van der Waals surface area (Å²) in [6, 6.07) is 18.1. The van der Waals surface area contributed by atoms with Crippen molar-refractivity contribution in [1.29, 1.82) is 0 Å². The molecule has 0 aliphatic carbocycles. The Hall–Kier alpha value is -4.07. The fourth-order valence-corrected chi connectivity index (χ4v) is 3.49. The van der Waals surface area contributed by atoms with Gasteiger partial charge in [-0.1, -0.05) is 18.2 Å². The van der Waals surface area contributed by atoms with Crippen molar-refractivity contribution in [2.45, 2.75) is 20.8 Å². The highest BCUT2D eigenvalue weighted by Crippen LogP contribution is 2.37. The third kappa shape index (κ3) is 6.96. The highest BCUT2D eigenvalue weighted by molar-refractivity contribution is 6.05. The molecule has 0 saturated heterocycles. The van der Waals surface area contributed by atoms with E-state index >= 15 is 0 Å². The van der Waals surface area contributed by atoms with Crippen LogP contribution in [0.15, 0.2) is 66.7 Å². The Balaban J connectivity index is 1.83. The van der Waals surface area contributed by atoms with E-state index in [1.54, 1.807) is 48.5 Å². The number of hydrogen-bond donors (Lipinski definition) is 2. The third-order valence-corrected chi connectivity index (χ3v) is 5.15. The van der Waals surface area contributed by atoms with Crippen molar-refractivity contribution < 1.29 is 23.5 Å². The van der Waals surface area contributed by atoms with Crippen molar-refractivity contribution in [3.63, 3.8) is 0 Å². The molecule has 7 nitrogen and oxygen atoms in total. The van der Waals surface area contributed by atoms with E-state index in [2.05, 4.69) is 10.6 Å². The maximum atomic E-state index is 13.3. The van der Waals surface area contributed by atoms with Crippen LogP contribution in [0.3, 0.4) is 0 Å². The quantitative estimate of drug-likeness (QED) is 0.388. The van der Waals surface area contributed by atoms with Gasteiger partial charge in [0.25, 0.3) is 5.91 Å². The van der Waals surface area contributed by atoms with Gasteiger partial charge < -0.3 is 25.0 Å². The predicted octanol–water partition coefficient (Wildman–Crippen LogP) is 5.34. The molecular formula is C27H30FN3O4. The van der Waals surface area contributed by atoms with E-state index in [1.807, 2.05) is 31.7 Å². The summed E-state index contributed by atoms with van der Waals surface area (Å²) in [5.74, 6) is -0.0956. The van der Waals surface area contributed by atoms with E-state index in [9.17, 15) is 14.0 Å².